The van der Waals surface area contributed by atoms with Crippen molar-refractivity contribution >= 4 is 23.4 Å². The third-order valence-corrected chi connectivity index (χ3v) is 3.93. The number of nitrogens with one attached hydrogen (secondary N) is 1. The minimum absolute atomic E-state index is 0.0168. The van der Waals surface area contributed by atoms with Crippen molar-refractivity contribution in [3.8, 4) is 0 Å². The van der Waals surface area contributed by atoms with Crippen LogP contribution in [0.2, 0.25) is 5.02 Å². The number of rotatable bonds is 5. The molecule has 1 fully saturated rings. The molecule has 3 rings (SSSR count). The summed E-state index contributed by atoms with van der Waals surface area (Å²) in [4.78, 5) is 20.3. The molecule has 8 heteroatoms. The topological polar surface area (TPSA) is 64.1 Å². The highest BCUT2D eigenvalue weighted by Gasteiger charge is 2.30. The number of hydrogen-bond donors (Lipinski definition) is 1. The number of nitrogens with zero attached hydrogens (tertiary/aromatic N) is 2. The monoisotopic (exact) mass is 353 g/mol. The summed E-state index contributed by atoms with van der Waals surface area (Å²) in [5.41, 5.74) is 0.360. The van der Waals surface area contributed by atoms with Crippen LogP contribution in [0.3, 0.4) is 0 Å². The molecule has 24 heavy (non-hydrogen) atoms. The van der Waals surface area contributed by atoms with Gasteiger partial charge in [-0.05, 0) is 30.5 Å². The van der Waals surface area contributed by atoms with Crippen molar-refractivity contribution in [3.63, 3.8) is 0 Å². The first-order chi connectivity index (χ1) is 11.5. The molecule has 2 aromatic rings. The molecule has 126 valence electrons. The lowest BCUT2D eigenvalue weighted by Gasteiger charge is -2.12. The number of carbonyl (C=O) groups is 1. The van der Waals surface area contributed by atoms with Gasteiger partial charge < -0.3 is 10.1 Å². The Morgan fingerprint density at radius 1 is 1.29 bits per heavy atom. The fraction of sp³-hybridized carbons (Fsp3) is 0.312. The quantitative estimate of drug-likeness (QED) is 0.831. The van der Waals surface area contributed by atoms with E-state index in [-0.39, 0.29) is 29.0 Å². The molecule has 1 aromatic heterocycles. The van der Waals surface area contributed by atoms with Crippen molar-refractivity contribution in [1.82, 2.24) is 9.97 Å². The van der Waals surface area contributed by atoms with E-state index < -0.39 is 17.6 Å². The predicted octanol–water partition coefficient (Wildman–Crippen LogP) is 3.68. The van der Waals surface area contributed by atoms with Gasteiger partial charge in [-0.2, -0.15) is 0 Å². The van der Waals surface area contributed by atoms with Gasteiger partial charge in [0.25, 0.3) is 0 Å². The summed E-state index contributed by atoms with van der Waals surface area (Å²) in [6, 6.07) is 3.20. The molecule has 1 N–H and O–H groups in total. The second kappa shape index (κ2) is 6.68. The lowest BCUT2D eigenvalue weighted by molar-refractivity contribution is 0.0593. The van der Waals surface area contributed by atoms with Crippen LogP contribution in [0.4, 0.5) is 14.6 Å². The van der Waals surface area contributed by atoms with Crippen LogP contribution in [0.25, 0.3) is 0 Å². The summed E-state index contributed by atoms with van der Waals surface area (Å²) in [5.74, 6) is -1.07. The van der Waals surface area contributed by atoms with Crippen molar-refractivity contribution < 1.29 is 18.3 Å². The van der Waals surface area contributed by atoms with Gasteiger partial charge in [0.05, 0.1) is 7.11 Å². The third-order valence-electron chi connectivity index (χ3n) is 3.57. The highest BCUT2D eigenvalue weighted by atomic mass is 35.5. The zero-order chi connectivity index (χ0) is 17.3. The molecule has 0 unspecified atom stereocenters. The van der Waals surface area contributed by atoms with Crippen molar-refractivity contribution in [2.75, 3.05) is 12.4 Å². The van der Waals surface area contributed by atoms with E-state index in [1.54, 1.807) is 0 Å². The summed E-state index contributed by atoms with van der Waals surface area (Å²) < 4.78 is 31.2. The number of esters is 1. The van der Waals surface area contributed by atoms with E-state index in [0.29, 0.717) is 11.4 Å². The van der Waals surface area contributed by atoms with Crippen LogP contribution in [0.15, 0.2) is 18.2 Å². The van der Waals surface area contributed by atoms with Crippen LogP contribution in [0, 0.1) is 11.6 Å². The van der Waals surface area contributed by atoms with Gasteiger partial charge in [-0.15, -0.1) is 0 Å². The lowest BCUT2D eigenvalue weighted by Crippen LogP contribution is -2.12. The van der Waals surface area contributed by atoms with Gasteiger partial charge in [-0.25, -0.2) is 23.5 Å². The first-order valence-corrected chi connectivity index (χ1v) is 7.70. The summed E-state index contributed by atoms with van der Waals surface area (Å²) in [6.45, 7) is 0.0934. The highest BCUT2D eigenvalue weighted by molar-refractivity contribution is 6.35. The van der Waals surface area contributed by atoms with Crippen molar-refractivity contribution in [2.24, 2.45) is 0 Å². The number of benzene rings is 1. The van der Waals surface area contributed by atoms with E-state index in [0.717, 1.165) is 18.9 Å². The van der Waals surface area contributed by atoms with Crippen molar-refractivity contribution in [1.29, 1.82) is 0 Å². The average molecular weight is 354 g/mol. The Labute approximate surface area is 142 Å². The standard InChI is InChI=1S/C16H14ClF2N3O2/c1-24-16(23)13-12(17)15(22-14(21-13)9-2-3-9)20-7-8-4-10(18)6-11(19)5-8/h4-6,9H,2-3,7H2,1H3,(H,20,21,22). The molecule has 0 bridgehead atoms. The maximum atomic E-state index is 13.2. The molecule has 0 atom stereocenters. The van der Waals surface area contributed by atoms with Gasteiger partial charge in [-0.3, -0.25) is 0 Å². The van der Waals surface area contributed by atoms with Gasteiger partial charge in [0, 0.05) is 18.5 Å². The summed E-state index contributed by atoms with van der Waals surface area (Å²) in [7, 11) is 1.24. The molecule has 0 saturated heterocycles. The Hall–Kier alpha value is -2.28. The highest BCUT2D eigenvalue weighted by Crippen LogP contribution is 2.39. The molecule has 1 aromatic carbocycles. The Bertz CT molecular complexity index is 777. The smallest absolute Gasteiger partial charge is 0.358 e. The molecular formula is C16H14ClF2N3O2. The second-order valence-electron chi connectivity index (χ2n) is 5.49. The largest absolute Gasteiger partial charge is 0.464 e. The predicted molar refractivity (Wildman–Crippen MR) is 84.0 cm³/mol. The first kappa shape index (κ1) is 16.6. The number of methoxy groups -OCH3 is 1. The number of carbonyl (C=O) groups excluding carboxylic acids is 1. The third kappa shape index (κ3) is 3.62. The van der Waals surface area contributed by atoms with E-state index in [1.807, 2.05) is 0 Å². The molecular weight excluding hydrogens is 340 g/mol. The van der Waals surface area contributed by atoms with E-state index in [4.69, 9.17) is 11.6 Å². The molecule has 1 heterocycles. The van der Waals surface area contributed by atoms with Gasteiger partial charge in [-0.1, -0.05) is 11.6 Å². The molecule has 1 aliphatic carbocycles. The Balaban J connectivity index is 1.88. The maximum absolute atomic E-state index is 13.2. The summed E-state index contributed by atoms with van der Waals surface area (Å²) >= 11 is 6.17. The van der Waals surface area contributed by atoms with Gasteiger partial charge in [0.1, 0.15) is 28.3 Å². The number of halogens is 3. The minimum Gasteiger partial charge on any atom is -0.464 e. The van der Waals surface area contributed by atoms with Crippen molar-refractivity contribution in [2.45, 2.75) is 25.3 Å². The molecule has 0 radical (unpaired) electrons. The van der Waals surface area contributed by atoms with Crippen LogP contribution < -0.4 is 5.32 Å². The van der Waals surface area contributed by atoms with Gasteiger partial charge >= 0.3 is 5.97 Å². The lowest BCUT2D eigenvalue weighted by atomic mass is 10.2. The number of ether oxygens (including phenoxy) is 1. The molecule has 1 aliphatic rings. The summed E-state index contributed by atoms with van der Waals surface area (Å²) in [5, 5.41) is 2.92. The number of hydrogen-bond acceptors (Lipinski definition) is 5. The van der Waals surface area contributed by atoms with Crippen LogP contribution in [-0.4, -0.2) is 23.0 Å². The van der Waals surface area contributed by atoms with E-state index in [2.05, 4.69) is 20.0 Å². The molecule has 0 spiro atoms. The fourth-order valence-corrected chi connectivity index (χ4v) is 2.46. The molecule has 0 aliphatic heterocycles. The van der Waals surface area contributed by atoms with Gasteiger partial charge in [0.15, 0.2) is 5.69 Å². The fourth-order valence-electron chi connectivity index (χ4n) is 2.24. The average Bonchev–Trinajstić information content (AvgIpc) is 3.37. The van der Waals surface area contributed by atoms with Gasteiger partial charge in [0.2, 0.25) is 0 Å². The van der Waals surface area contributed by atoms with Crippen LogP contribution in [0.1, 0.15) is 40.6 Å². The van der Waals surface area contributed by atoms with Crippen LogP contribution in [-0.2, 0) is 11.3 Å². The van der Waals surface area contributed by atoms with Crippen LogP contribution >= 0.6 is 11.6 Å². The zero-order valence-electron chi connectivity index (χ0n) is 12.8. The molecule has 0 amide bonds. The minimum atomic E-state index is -0.672. The van der Waals surface area contributed by atoms with E-state index >= 15 is 0 Å². The Morgan fingerprint density at radius 3 is 2.54 bits per heavy atom. The normalized spacial score (nSPS) is 13.7. The number of anilines is 1. The zero-order valence-corrected chi connectivity index (χ0v) is 13.5. The second-order valence-corrected chi connectivity index (χ2v) is 5.87. The molecule has 1 saturated carbocycles. The van der Waals surface area contributed by atoms with E-state index in [1.165, 1.54) is 19.2 Å². The SMILES string of the molecule is COC(=O)c1nc(C2CC2)nc(NCc2cc(F)cc(F)c2)c1Cl. The Morgan fingerprint density at radius 2 is 1.96 bits per heavy atom. The maximum Gasteiger partial charge on any atom is 0.358 e. The van der Waals surface area contributed by atoms with Crippen molar-refractivity contribution in [3.05, 3.63) is 51.9 Å². The van der Waals surface area contributed by atoms with E-state index in [9.17, 15) is 13.6 Å². The first-order valence-electron chi connectivity index (χ1n) is 7.32. The Kier molecular flexibility index (Phi) is 4.62. The molecule has 5 nitrogen and oxygen atoms in total. The summed E-state index contributed by atoms with van der Waals surface area (Å²) in [6.07, 6.45) is 1.88. The number of aromatic nitrogens is 2. The van der Waals surface area contributed by atoms with Crippen LogP contribution in [0.5, 0.6) is 0 Å².